The van der Waals surface area contributed by atoms with Crippen LogP contribution in [0.4, 0.5) is 29.5 Å². The maximum Gasteiger partial charge on any atom is 0.324 e. The molecular formula is C26H25F3N6O3. The van der Waals surface area contributed by atoms with Gasteiger partial charge in [-0.05, 0) is 43.3 Å². The van der Waals surface area contributed by atoms with E-state index in [-0.39, 0.29) is 34.6 Å². The van der Waals surface area contributed by atoms with Crippen LogP contribution in [0.25, 0.3) is 5.69 Å². The Morgan fingerprint density at radius 1 is 0.974 bits per heavy atom. The highest BCUT2D eigenvalue weighted by Gasteiger charge is 2.17. The summed E-state index contributed by atoms with van der Waals surface area (Å²) in [6.45, 7) is 3.76. The second kappa shape index (κ2) is 11.3. The van der Waals surface area contributed by atoms with E-state index in [2.05, 4.69) is 26.0 Å². The molecule has 198 valence electrons. The van der Waals surface area contributed by atoms with E-state index in [1.54, 1.807) is 13.1 Å². The quantitative estimate of drug-likeness (QED) is 0.227. The summed E-state index contributed by atoms with van der Waals surface area (Å²) >= 11 is 0. The number of benzene rings is 2. The van der Waals surface area contributed by atoms with Crippen molar-refractivity contribution in [2.75, 3.05) is 17.7 Å². The van der Waals surface area contributed by atoms with E-state index in [1.807, 2.05) is 13.8 Å². The molecule has 2 aromatic carbocycles. The molecule has 12 heteroatoms. The molecule has 0 saturated carbocycles. The molecule has 2 amide bonds. The van der Waals surface area contributed by atoms with Crippen LogP contribution in [0.1, 0.15) is 37.4 Å². The van der Waals surface area contributed by atoms with Crippen LogP contribution in [-0.4, -0.2) is 32.9 Å². The number of ether oxygens (including phenoxy) is 1. The topological polar surface area (TPSA) is 113 Å². The Morgan fingerprint density at radius 2 is 1.71 bits per heavy atom. The van der Waals surface area contributed by atoms with E-state index < -0.39 is 29.7 Å². The summed E-state index contributed by atoms with van der Waals surface area (Å²) in [6.07, 6.45) is 0.401. The zero-order chi connectivity index (χ0) is 27.4. The van der Waals surface area contributed by atoms with Crippen molar-refractivity contribution in [1.82, 2.24) is 20.1 Å². The van der Waals surface area contributed by atoms with Crippen molar-refractivity contribution in [3.8, 4) is 17.2 Å². The molecule has 1 atom stereocenters. The lowest BCUT2D eigenvalue weighted by molar-refractivity contribution is 0.144. The molecule has 0 aliphatic carbocycles. The summed E-state index contributed by atoms with van der Waals surface area (Å²) < 4.78 is 49.1. The number of aromatic nitrogens is 3. The number of nitrogens with zero attached hydrogens (tertiary/aromatic N) is 3. The van der Waals surface area contributed by atoms with Gasteiger partial charge in [-0.25, -0.2) is 22.6 Å². The number of anilines is 2. The number of carbonyl (C=O) groups excluding carboxylic acids is 1. The first-order valence-corrected chi connectivity index (χ1v) is 11.6. The molecule has 0 radical (unpaired) electrons. The molecule has 0 spiro atoms. The number of nitrogens with one attached hydrogen (secondary N) is 3. The van der Waals surface area contributed by atoms with Gasteiger partial charge in [0.2, 0.25) is 0 Å². The van der Waals surface area contributed by atoms with Crippen molar-refractivity contribution in [3.63, 3.8) is 0 Å². The van der Waals surface area contributed by atoms with Gasteiger partial charge in [0.05, 0.1) is 17.1 Å². The SMILES string of the molecule is CNC(O)c1cc(Oc2ccc(NC(=O)Nc3cc(C(C)C)nn3-c3cc(F)cc(F)c3)cc2F)ccn1. The maximum absolute atomic E-state index is 14.7. The van der Waals surface area contributed by atoms with Crippen molar-refractivity contribution < 1.29 is 27.8 Å². The number of aliphatic hydroxyl groups is 1. The first-order chi connectivity index (χ1) is 18.1. The van der Waals surface area contributed by atoms with E-state index in [9.17, 15) is 23.1 Å². The van der Waals surface area contributed by atoms with Gasteiger partial charge in [0.15, 0.2) is 11.6 Å². The van der Waals surface area contributed by atoms with E-state index in [4.69, 9.17) is 4.74 Å². The largest absolute Gasteiger partial charge is 0.454 e. The van der Waals surface area contributed by atoms with Gasteiger partial charge < -0.3 is 15.2 Å². The summed E-state index contributed by atoms with van der Waals surface area (Å²) in [5, 5.41) is 21.9. The smallest absolute Gasteiger partial charge is 0.324 e. The van der Waals surface area contributed by atoms with Crippen molar-refractivity contribution in [2.24, 2.45) is 0 Å². The average molecular weight is 527 g/mol. The summed E-state index contributed by atoms with van der Waals surface area (Å²) in [5.41, 5.74) is 1.08. The van der Waals surface area contributed by atoms with Crippen LogP contribution in [0.2, 0.25) is 0 Å². The van der Waals surface area contributed by atoms with Crippen LogP contribution in [0.15, 0.2) is 60.8 Å². The maximum atomic E-state index is 14.7. The summed E-state index contributed by atoms with van der Waals surface area (Å²) in [7, 11) is 1.56. The molecule has 0 aliphatic rings. The van der Waals surface area contributed by atoms with Crippen LogP contribution in [0.5, 0.6) is 11.5 Å². The van der Waals surface area contributed by atoms with Gasteiger partial charge in [0.25, 0.3) is 0 Å². The van der Waals surface area contributed by atoms with Gasteiger partial charge in [-0.15, -0.1) is 0 Å². The molecule has 1 unspecified atom stereocenters. The summed E-state index contributed by atoms with van der Waals surface area (Å²) in [6, 6.07) is 10.5. The number of amides is 2. The molecule has 2 aromatic heterocycles. The molecule has 2 heterocycles. The van der Waals surface area contributed by atoms with Gasteiger partial charge in [-0.2, -0.15) is 5.10 Å². The molecule has 4 N–H and O–H groups in total. The second-order valence-corrected chi connectivity index (χ2v) is 8.58. The number of carbonyl (C=O) groups is 1. The van der Waals surface area contributed by atoms with Gasteiger partial charge in [0.1, 0.15) is 29.4 Å². The van der Waals surface area contributed by atoms with Crippen LogP contribution in [-0.2, 0) is 0 Å². The van der Waals surface area contributed by atoms with Crippen LogP contribution in [0.3, 0.4) is 0 Å². The summed E-state index contributed by atoms with van der Waals surface area (Å²) in [4.78, 5) is 16.7. The van der Waals surface area contributed by atoms with Crippen molar-refractivity contribution in [3.05, 3.63) is 89.6 Å². The van der Waals surface area contributed by atoms with Crippen LogP contribution >= 0.6 is 0 Å². The fourth-order valence-electron chi connectivity index (χ4n) is 3.48. The van der Waals surface area contributed by atoms with Gasteiger partial charge in [-0.1, -0.05) is 13.8 Å². The first-order valence-electron chi connectivity index (χ1n) is 11.6. The molecule has 9 nitrogen and oxygen atoms in total. The number of aliphatic hydroxyl groups excluding tert-OH is 1. The summed E-state index contributed by atoms with van der Waals surface area (Å²) in [5.74, 6) is -2.07. The predicted octanol–water partition coefficient (Wildman–Crippen LogP) is 5.45. The van der Waals surface area contributed by atoms with Gasteiger partial charge in [-0.3, -0.25) is 15.6 Å². The zero-order valence-electron chi connectivity index (χ0n) is 20.7. The van der Waals surface area contributed by atoms with Crippen molar-refractivity contribution in [1.29, 1.82) is 0 Å². The van der Waals surface area contributed by atoms with Gasteiger partial charge in [0, 0.05) is 36.1 Å². The minimum atomic E-state index is -1.01. The molecule has 0 fully saturated rings. The van der Waals surface area contributed by atoms with E-state index >= 15 is 0 Å². The molecule has 4 aromatic rings. The lowest BCUT2D eigenvalue weighted by Crippen LogP contribution is -2.21. The Kier molecular flexibility index (Phi) is 7.93. The lowest BCUT2D eigenvalue weighted by Gasteiger charge is -2.13. The Hall–Kier alpha value is -4.42. The second-order valence-electron chi connectivity index (χ2n) is 8.58. The van der Waals surface area contributed by atoms with Crippen LogP contribution in [0, 0.1) is 17.5 Å². The minimum absolute atomic E-state index is 0.0297. The van der Waals surface area contributed by atoms with Crippen molar-refractivity contribution in [2.45, 2.75) is 26.0 Å². The first kappa shape index (κ1) is 26.6. The van der Waals surface area contributed by atoms with Crippen molar-refractivity contribution >= 4 is 17.5 Å². The highest BCUT2D eigenvalue weighted by atomic mass is 19.1. The fraction of sp³-hybridized carbons (Fsp3) is 0.192. The monoisotopic (exact) mass is 526 g/mol. The number of hydrogen-bond donors (Lipinski definition) is 4. The minimum Gasteiger partial charge on any atom is -0.454 e. The highest BCUT2D eigenvalue weighted by molar-refractivity contribution is 5.99. The molecule has 38 heavy (non-hydrogen) atoms. The number of urea groups is 1. The number of rotatable bonds is 8. The predicted molar refractivity (Wildman–Crippen MR) is 135 cm³/mol. The highest BCUT2D eigenvalue weighted by Crippen LogP contribution is 2.28. The fourth-order valence-corrected chi connectivity index (χ4v) is 3.48. The normalized spacial score (nSPS) is 11.9. The third-order valence-electron chi connectivity index (χ3n) is 5.38. The average Bonchev–Trinajstić information content (AvgIpc) is 3.29. The zero-order valence-corrected chi connectivity index (χ0v) is 20.7. The van der Waals surface area contributed by atoms with E-state index in [1.165, 1.54) is 35.1 Å². The van der Waals surface area contributed by atoms with E-state index in [0.717, 1.165) is 24.3 Å². The third-order valence-corrected chi connectivity index (χ3v) is 5.38. The Bertz CT molecular complexity index is 1440. The standard InChI is InChI=1S/C26H25F3N6O3/c1-14(2)21-13-24(35(34-21)18-9-15(27)8-16(28)10-18)33-26(37)32-17-4-5-23(20(29)11-17)38-19-6-7-31-22(12-19)25(36)30-3/h4-14,25,30,36H,1-3H3,(H2,32,33,37). The number of halogens is 3. The molecule has 0 saturated heterocycles. The Morgan fingerprint density at radius 3 is 2.37 bits per heavy atom. The third kappa shape index (κ3) is 6.28. The Labute approximate surface area is 216 Å². The number of pyridine rings is 1. The lowest BCUT2D eigenvalue weighted by atomic mass is 10.1. The van der Waals surface area contributed by atoms with E-state index in [0.29, 0.717) is 11.4 Å². The molecule has 4 rings (SSSR count). The molecule has 0 bridgehead atoms. The van der Waals surface area contributed by atoms with Gasteiger partial charge >= 0.3 is 6.03 Å². The molecular weight excluding hydrogens is 501 g/mol. The molecule has 0 aliphatic heterocycles. The van der Waals surface area contributed by atoms with Crippen LogP contribution < -0.4 is 20.7 Å². The number of hydrogen-bond acceptors (Lipinski definition) is 6. The Balaban J connectivity index is 1.49.